The fourth-order valence-electron chi connectivity index (χ4n) is 3.50. The highest BCUT2D eigenvalue weighted by Crippen LogP contribution is 2.30. The molecule has 12 heteroatoms. The summed E-state index contributed by atoms with van der Waals surface area (Å²) in [4.78, 5) is 30.6. The first-order valence-corrected chi connectivity index (χ1v) is 10.2. The summed E-state index contributed by atoms with van der Waals surface area (Å²) < 4.78 is 9.00. The van der Waals surface area contributed by atoms with Crippen molar-refractivity contribution in [1.82, 2.24) is 44.6 Å². The van der Waals surface area contributed by atoms with Gasteiger partial charge in [0.25, 0.3) is 5.91 Å². The molecule has 0 aliphatic carbocycles. The van der Waals surface area contributed by atoms with Crippen LogP contribution >= 0.6 is 0 Å². The number of nitrogens with zero attached hydrogens (tertiary/aromatic N) is 8. The molecule has 0 unspecified atom stereocenters. The molecule has 5 rings (SSSR count). The van der Waals surface area contributed by atoms with Crippen molar-refractivity contribution in [2.45, 2.75) is 26.4 Å². The van der Waals surface area contributed by atoms with Gasteiger partial charge in [0.15, 0.2) is 17.2 Å². The van der Waals surface area contributed by atoms with E-state index < -0.39 is 5.91 Å². The molecule has 1 amide bonds. The van der Waals surface area contributed by atoms with Crippen molar-refractivity contribution in [3.63, 3.8) is 0 Å². The highest BCUT2D eigenvalue weighted by Gasteiger charge is 2.23. The normalized spacial score (nSPS) is 12.2. The number of carbonyl (C=O) groups excluding carboxylic acids is 1. The summed E-state index contributed by atoms with van der Waals surface area (Å²) in [6.07, 6.45) is 9.88. The van der Waals surface area contributed by atoms with Crippen molar-refractivity contribution in [2.75, 3.05) is 5.73 Å². The van der Waals surface area contributed by atoms with Gasteiger partial charge in [0.1, 0.15) is 17.6 Å². The molecular formula is C21H20N10O2. The Morgan fingerprint density at radius 2 is 2.09 bits per heavy atom. The Kier molecular flexibility index (Phi) is 5.01. The van der Waals surface area contributed by atoms with E-state index in [4.69, 9.17) is 10.2 Å². The Bertz CT molecular complexity index is 1420. The third-order valence-corrected chi connectivity index (χ3v) is 5.05. The predicted molar refractivity (Wildman–Crippen MR) is 118 cm³/mol. The number of hydrogen-bond acceptors (Lipinski definition) is 9. The van der Waals surface area contributed by atoms with Crippen LogP contribution in [0.3, 0.4) is 0 Å². The lowest BCUT2D eigenvalue weighted by atomic mass is 10.1. The molecule has 0 fully saturated rings. The number of aromatic nitrogens is 8. The molecule has 0 saturated heterocycles. The smallest absolute Gasteiger partial charge is 0.274 e. The average Bonchev–Trinajstić information content (AvgIpc) is 3.56. The molecule has 0 bridgehead atoms. The second-order valence-corrected chi connectivity index (χ2v) is 7.54. The van der Waals surface area contributed by atoms with Crippen LogP contribution in [-0.2, 0) is 6.54 Å². The number of amides is 1. The van der Waals surface area contributed by atoms with Gasteiger partial charge >= 0.3 is 0 Å². The number of imidazole rings is 1. The van der Waals surface area contributed by atoms with E-state index in [0.29, 0.717) is 23.5 Å². The zero-order chi connectivity index (χ0) is 22.9. The van der Waals surface area contributed by atoms with Crippen LogP contribution < -0.4 is 11.1 Å². The van der Waals surface area contributed by atoms with E-state index in [1.165, 1.54) is 12.5 Å². The maximum absolute atomic E-state index is 13.0. The Balaban J connectivity index is 1.55. The van der Waals surface area contributed by atoms with Gasteiger partial charge in [-0.1, -0.05) is 5.21 Å². The van der Waals surface area contributed by atoms with Crippen molar-refractivity contribution in [1.29, 1.82) is 0 Å². The van der Waals surface area contributed by atoms with E-state index in [2.05, 4.69) is 35.6 Å². The van der Waals surface area contributed by atoms with Gasteiger partial charge in [-0.3, -0.25) is 9.48 Å². The van der Waals surface area contributed by atoms with E-state index >= 15 is 0 Å². The SMILES string of the molecule is Cc1cnc2ccc(-c3nc(C(=O)N[C@@H](C)Cn4ccnn4)c(N)nc3-c3ncco3)cn12. The second-order valence-electron chi connectivity index (χ2n) is 7.54. The maximum Gasteiger partial charge on any atom is 0.274 e. The van der Waals surface area contributed by atoms with Gasteiger partial charge in [0.2, 0.25) is 5.89 Å². The van der Waals surface area contributed by atoms with Crippen LogP contribution in [0.15, 0.2) is 53.8 Å². The van der Waals surface area contributed by atoms with Gasteiger partial charge in [0, 0.05) is 35.9 Å². The van der Waals surface area contributed by atoms with Crippen molar-refractivity contribution in [3.05, 3.63) is 60.8 Å². The van der Waals surface area contributed by atoms with E-state index in [0.717, 1.165) is 11.3 Å². The fraction of sp³-hybridized carbons (Fsp3) is 0.190. The number of nitrogens with one attached hydrogen (secondary N) is 1. The molecular weight excluding hydrogens is 424 g/mol. The molecule has 5 aromatic heterocycles. The number of aryl methyl sites for hydroxylation is 1. The molecule has 0 saturated carbocycles. The number of anilines is 1. The predicted octanol–water partition coefficient (Wildman–Crippen LogP) is 1.75. The molecule has 1 atom stereocenters. The van der Waals surface area contributed by atoms with Gasteiger partial charge in [-0.05, 0) is 26.0 Å². The van der Waals surface area contributed by atoms with Gasteiger partial charge in [-0.15, -0.1) is 5.10 Å². The standard InChI is InChI=1S/C21H20N10O2/c1-12(10-30-7-5-25-29-30)26-20(32)18-19(22)28-17(21-23-6-8-33-21)16(27-18)14-3-4-15-24-9-13(2)31(15)11-14/h3-9,11-12H,10H2,1-2H3,(H2,22,28)(H,26,32)/t12-/m0/s1. The molecule has 0 radical (unpaired) electrons. The number of rotatable bonds is 6. The number of hydrogen-bond donors (Lipinski definition) is 2. The monoisotopic (exact) mass is 444 g/mol. The van der Waals surface area contributed by atoms with Crippen molar-refractivity contribution in [3.8, 4) is 22.8 Å². The highest BCUT2D eigenvalue weighted by molar-refractivity contribution is 5.98. The lowest BCUT2D eigenvalue weighted by molar-refractivity contribution is 0.0931. The Morgan fingerprint density at radius 3 is 2.85 bits per heavy atom. The first-order valence-electron chi connectivity index (χ1n) is 10.2. The van der Waals surface area contributed by atoms with Crippen molar-refractivity contribution in [2.24, 2.45) is 0 Å². The molecule has 3 N–H and O–H groups in total. The van der Waals surface area contributed by atoms with Gasteiger partial charge < -0.3 is 19.9 Å². The lowest BCUT2D eigenvalue weighted by Crippen LogP contribution is -2.37. The molecule has 5 aromatic rings. The van der Waals surface area contributed by atoms with Gasteiger partial charge in [-0.2, -0.15) is 0 Å². The van der Waals surface area contributed by atoms with Crippen molar-refractivity contribution < 1.29 is 9.21 Å². The molecule has 0 aromatic carbocycles. The summed E-state index contributed by atoms with van der Waals surface area (Å²) >= 11 is 0. The molecule has 5 heterocycles. The van der Waals surface area contributed by atoms with E-state index in [1.54, 1.807) is 23.3 Å². The van der Waals surface area contributed by atoms with E-state index in [9.17, 15) is 4.79 Å². The third kappa shape index (κ3) is 3.89. The van der Waals surface area contributed by atoms with Crippen LogP contribution in [0.1, 0.15) is 23.1 Å². The third-order valence-electron chi connectivity index (χ3n) is 5.05. The Morgan fingerprint density at radius 1 is 1.21 bits per heavy atom. The number of carbonyl (C=O) groups is 1. The zero-order valence-electron chi connectivity index (χ0n) is 17.9. The molecule has 0 spiro atoms. The summed E-state index contributed by atoms with van der Waals surface area (Å²) in [5, 5.41) is 10.6. The summed E-state index contributed by atoms with van der Waals surface area (Å²) in [6.45, 7) is 4.24. The molecule has 0 aliphatic rings. The first-order chi connectivity index (χ1) is 16.0. The fourth-order valence-corrected chi connectivity index (χ4v) is 3.50. The molecule has 33 heavy (non-hydrogen) atoms. The van der Waals surface area contributed by atoms with Crippen LogP contribution in [0.2, 0.25) is 0 Å². The van der Waals surface area contributed by atoms with Crippen LogP contribution in [0.25, 0.3) is 28.5 Å². The quantitative estimate of drug-likeness (QED) is 0.398. The Hall–Kier alpha value is -4.61. The number of fused-ring (bicyclic) bond motifs is 1. The minimum absolute atomic E-state index is 0.00759. The van der Waals surface area contributed by atoms with E-state index in [-0.39, 0.29) is 23.4 Å². The van der Waals surface area contributed by atoms with Gasteiger partial charge in [-0.25, -0.2) is 19.9 Å². The summed E-state index contributed by atoms with van der Waals surface area (Å²) in [5.74, 6) is -0.233. The highest BCUT2D eigenvalue weighted by atomic mass is 16.3. The summed E-state index contributed by atoms with van der Waals surface area (Å²) in [6, 6.07) is 3.46. The van der Waals surface area contributed by atoms with Crippen LogP contribution in [0.5, 0.6) is 0 Å². The van der Waals surface area contributed by atoms with Crippen LogP contribution in [0, 0.1) is 6.92 Å². The number of nitrogens with two attached hydrogens (primary N) is 1. The maximum atomic E-state index is 13.0. The zero-order valence-corrected chi connectivity index (χ0v) is 17.9. The number of pyridine rings is 1. The van der Waals surface area contributed by atoms with Crippen LogP contribution in [-0.4, -0.2) is 51.3 Å². The summed E-state index contributed by atoms with van der Waals surface area (Å²) in [5.41, 5.74) is 9.34. The average molecular weight is 444 g/mol. The number of oxazole rings is 1. The second kappa shape index (κ2) is 8.15. The Labute approximate surface area is 187 Å². The lowest BCUT2D eigenvalue weighted by Gasteiger charge is -2.15. The topological polar surface area (TPSA) is 155 Å². The van der Waals surface area contributed by atoms with Crippen molar-refractivity contribution >= 4 is 17.4 Å². The first kappa shape index (κ1) is 20.3. The largest absolute Gasteiger partial charge is 0.443 e. The molecule has 12 nitrogen and oxygen atoms in total. The van der Waals surface area contributed by atoms with E-state index in [1.807, 2.05) is 36.6 Å². The minimum atomic E-state index is -0.451. The number of nitrogen functional groups attached to an aromatic ring is 1. The molecule has 0 aliphatic heterocycles. The van der Waals surface area contributed by atoms with Crippen LogP contribution in [0.4, 0.5) is 5.82 Å². The molecule has 166 valence electrons. The minimum Gasteiger partial charge on any atom is -0.443 e. The van der Waals surface area contributed by atoms with Gasteiger partial charge in [0.05, 0.1) is 18.9 Å². The summed E-state index contributed by atoms with van der Waals surface area (Å²) in [7, 11) is 0.